The normalized spacial score (nSPS) is 11.1. The molecule has 0 aliphatic carbocycles. The topological polar surface area (TPSA) is 84.2 Å². The van der Waals surface area contributed by atoms with Crippen LogP contribution < -0.4 is 5.32 Å². The van der Waals surface area contributed by atoms with E-state index in [-0.39, 0.29) is 5.69 Å². The van der Waals surface area contributed by atoms with Crippen molar-refractivity contribution >= 4 is 17.3 Å². The maximum Gasteiger partial charge on any atom is 0.271 e. The Balaban J connectivity index is 1.81. The third kappa shape index (κ3) is 5.36. The molecule has 2 aromatic carbocycles. The number of anilines is 2. The molecule has 1 aromatic heterocycles. The molecule has 1 N–H and O–H groups in total. The van der Waals surface area contributed by atoms with Gasteiger partial charge in [0.25, 0.3) is 5.69 Å². The molecule has 0 radical (unpaired) electrons. The molecule has 0 spiro atoms. The Morgan fingerprint density at radius 3 is 2.66 bits per heavy atom. The fraction of sp³-hybridized carbons (Fsp3) is 0.273. The lowest BCUT2D eigenvalue weighted by molar-refractivity contribution is -0.384. The molecule has 0 fully saturated rings. The number of hydrogen-bond donors (Lipinski definition) is 1. The van der Waals surface area contributed by atoms with Gasteiger partial charge < -0.3 is 5.32 Å². The molecular formula is C22H25N5O2. The molecule has 0 aliphatic heterocycles. The van der Waals surface area contributed by atoms with Crippen LogP contribution in [0.4, 0.5) is 17.3 Å². The van der Waals surface area contributed by atoms with E-state index in [1.807, 2.05) is 18.2 Å². The van der Waals surface area contributed by atoms with Gasteiger partial charge in [0.15, 0.2) is 0 Å². The van der Waals surface area contributed by atoms with Crippen molar-refractivity contribution in [3.05, 3.63) is 76.5 Å². The van der Waals surface area contributed by atoms with Crippen LogP contribution in [0, 0.1) is 10.1 Å². The highest BCUT2D eigenvalue weighted by molar-refractivity contribution is 5.63. The summed E-state index contributed by atoms with van der Waals surface area (Å²) in [6, 6.07) is 16.9. The van der Waals surface area contributed by atoms with Crippen molar-refractivity contribution in [1.29, 1.82) is 0 Å². The number of rotatable bonds is 8. The number of non-ortho nitro benzene ring substituents is 1. The summed E-state index contributed by atoms with van der Waals surface area (Å²) in [6.07, 6.45) is 1.68. The van der Waals surface area contributed by atoms with Gasteiger partial charge in [-0.1, -0.05) is 31.2 Å². The van der Waals surface area contributed by atoms with E-state index in [2.05, 4.69) is 53.1 Å². The van der Waals surface area contributed by atoms with Crippen LogP contribution in [0.15, 0.2) is 60.8 Å². The number of hydrogen-bond acceptors (Lipinski definition) is 6. The first-order valence-corrected chi connectivity index (χ1v) is 9.64. The fourth-order valence-corrected chi connectivity index (χ4v) is 3.13. The number of nitro benzene ring substituents is 1. The summed E-state index contributed by atoms with van der Waals surface area (Å²) < 4.78 is 0. The molecule has 29 heavy (non-hydrogen) atoms. The lowest BCUT2D eigenvalue weighted by Gasteiger charge is -2.24. The number of aromatic nitrogens is 2. The molecule has 3 aromatic rings. The van der Waals surface area contributed by atoms with Crippen molar-refractivity contribution in [3.63, 3.8) is 0 Å². The number of nitro groups is 1. The molecule has 0 amide bonds. The van der Waals surface area contributed by atoms with Crippen molar-refractivity contribution in [2.24, 2.45) is 0 Å². The Hall–Kier alpha value is -3.32. The van der Waals surface area contributed by atoms with E-state index in [1.54, 1.807) is 18.3 Å². The summed E-state index contributed by atoms with van der Waals surface area (Å²) in [5, 5.41) is 14.0. The second-order valence-electron chi connectivity index (χ2n) is 7.06. The molecule has 0 bridgehead atoms. The summed E-state index contributed by atoms with van der Waals surface area (Å²) in [7, 11) is 0. The molecule has 1 heterocycles. The van der Waals surface area contributed by atoms with Crippen LogP contribution in [-0.4, -0.2) is 32.4 Å². The van der Waals surface area contributed by atoms with Gasteiger partial charge in [0, 0.05) is 42.2 Å². The third-order valence-corrected chi connectivity index (χ3v) is 4.71. The van der Waals surface area contributed by atoms with Gasteiger partial charge in [0.05, 0.1) is 10.6 Å². The van der Waals surface area contributed by atoms with Crippen LogP contribution in [0.5, 0.6) is 0 Å². The minimum atomic E-state index is -0.426. The van der Waals surface area contributed by atoms with Gasteiger partial charge in [-0.15, -0.1) is 0 Å². The average molecular weight is 391 g/mol. The zero-order chi connectivity index (χ0) is 20.8. The second-order valence-corrected chi connectivity index (χ2v) is 7.06. The predicted octanol–water partition coefficient (Wildman–Crippen LogP) is 5.03. The third-order valence-electron chi connectivity index (χ3n) is 4.71. The first kappa shape index (κ1) is 20.4. The van der Waals surface area contributed by atoms with Gasteiger partial charge in [-0.2, -0.15) is 0 Å². The predicted molar refractivity (Wildman–Crippen MR) is 115 cm³/mol. The first-order chi connectivity index (χ1) is 14.0. The summed E-state index contributed by atoms with van der Waals surface area (Å²) in [6.45, 7) is 8.44. The Morgan fingerprint density at radius 2 is 1.93 bits per heavy atom. The Bertz CT molecular complexity index is 990. The molecule has 0 aliphatic rings. The van der Waals surface area contributed by atoms with E-state index in [4.69, 9.17) is 0 Å². The molecule has 0 saturated carbocycles. The van der Waals surface area contributed by atoms with Crippen LogP contribution in [0.25, 0.3) is 11.3 Å². The highest BCUT2D eigenvalue weighted by Crippen LogP contribution is 2.23. The largest absolute Gasteiger partial charge is 0.324 e. The Labute approximate surface area is 170 Å². The van der Waals surface area contributed by atoms with Crippen molar-refractivity contribution < 1.29 is 4.92 Å². The first-order valence-electron chi connectivity index (χ1n) is 9.64. The average Bonchev–Trinajstić information content (AvgIpc) is 2.72. The van der Waals surface area contributed by atoms with Gasteiger partial charge in [-0.3, -0.25) is 15.0 Å². The van der Waals surface area contributed by atoms with Crippen LogP contribution in [-0.2, 0) is 6.54 Å². The Kier molecular flexibility index (Phi) is 6.51. The molecule has 0 saturated heterocycles. The molecule has 7 heteroatoms. The van der Waals surface area contributed by atoms with Gasteiger partial charge in [0.1, 0.15) is 0 Å². The van der Waals surface area contributed by atoms with E-state index in [0.717, 1.165) is 24.3 Å². The zero-order valence-corrected chi connectivity index (χ0v) is 16.9. The smallest absolute Gasteiger partial charge is 0.271 e. The van der Waals surface area contributed by atoms with Crippen molar-refractivity contribution in [2.45, 2.75) is 33.4 Å². The van der Waals surface area contributed by atoms with Crippen molar-refractivity contribution in [2.75, 3.05) is 11.9 Å². The molecule has 0 unspecified atom stereocenters. The second kappa shape index (κ2) is 9.25. The van der Waals surface area contributed by atoms with E-state index in [9.17, 15) is 10.1 Å². The Morgan fingerprint density at radius 1 is 1.14 bits per heavy atom. The SMILES string of the molecule is CCN(Cc1cccc(-c2ccnc(Nc3cccc([N+](=O)[O-])c3)n2)c1)C(C)C. The molecule has 150 valence electrons. The highest BCUT2D eigenvalue weighted by atomic mass is 16.6. The van der Waals surface area contributed by atoms with E-state index in [0.29, 0.717) is 17.7 Å². The van der Waals surface area contributed by atoms with Gasteiger partial charge >= 0.3 is 0 Å². The molecule has 3 rings (SSSR count). The number of nitrogens with one attached hydrogen (secondary N) is 1. The maximum absolute atomic E-state index is 11.0. The molecule has 0 atom stereocenters. The fourth-order valence-electron chi connectivity index (χ4n) is 3.13. The van der Waals surface area contributed by atoms with Gasteiger partial charge in [0.2, 0.25) is 5.95 Å². The summed E-state index contributed by atoms with van der Waals surface area (Å²) in [4.78, 5) is 21.8. The number of benzene rings is 2. The van der Waals surface area contributed by atoms with Crippen LogP contribution in [0.2, 0.25) is 0 Å². The van der Waals surface area contributed by atoms with Crippen molar-refractivity contribution in [3.8, 4) is 11.3 Å². The van der Waals surface area contributed by atoms with Crippen LogP contribution in [0.1, 0.15) is 26.3 Å². The zero-order valence-electron chi connectivity index (χ0n) is 16.9. The molecule has 7 nitrogen and oxygen atoms in total. The van der Waals surface area contributed by atoms with E-state index < -0.39 is 4.92 Å². The van der Waals surface area contributed by atoms with Gasteiger partial charge in [-0.25, -0.2) is 9.97 Å². The van der Waals surface area contributed by atoms with Gasteiger partial charge in [-0.05, 0) is 44.2 Å². The summed E-state index contributed by atoms with van der Waals surface area (Å²) in [5.41, 5.74) is 3.61. The monoisotopic (exact) mass is 391 g/mol. The summed E-state index contributed by atoms with van der Waals surface area (Å²) >= 11 is 0. The van der Waals surface area contributed by atoms with E-state index in [1.165, 1.54) is 17.7 Å². The lowest BCUT2D eigenvalue weighted by atomic mass is 10.1. The minimum Gasteiger partial charge on any atom is -0.324 e. The highest BCUT2D eigenvalue weighted by Gasteiger charge is 2.10. The summed E-state index contributed by atoms with van der Waals surface area (Å²) in [5.74, 6) is 0.394. The quantitative estimate of drug-likeness (QED) is 0.428. The lowest BCUT2D eigenvalue weighted by Crippen LogP contribution is -2.29. The standard InChI is InChI=1S/C22H25N5O2/c1-4-26(16(2)3)15-17-7-5-8-18(13-17)21-11-12-23-22(25-21)24-19-9-6-10-20(14-19)27(28)29/h5-14,16H,4,15H2,1-3H3,(H,23,24,25). The van der Waals surface area contributed by atoms with Crippen LogP contribution in [0.3, 0.4) is 0 Å². The van der Waals surface area contributed by atoms with Crippen molar-refractivity contribution in [1.82, 2.24) is 14.9 Å². The number of nitrogens with zero attached hydrogens (tertiary/aromatic N) is 4. The molecular weight excluding hydrogens is 366 g/mol. The van der Waals surface area contributed by atoms with Crippen LogP contribution >= 0.6 is 0 Å². The van der Waals surface area contributed by atoms with E-state index >= 15 is 0 Å². The maximum atomic E-state index is 11.0. The minimum absolute atomic E-state index is 0.0180.